The third-order valence-corrected chi connectivity index (χ3v) is 2.91. The van der Waals surface area contributed by atoms with Gasteiger partial charge in [0, 0.05) is 11.1 Å². The van der Waals surface area contributed by atoms with Gasteiger partial charge in [0.05, 0.1) is 0 Å². The molecule has 2 aromatic carbocycles. The molecule has 92 valence electrons. The van der Waals surface area contributed by atoms with E-state index >= 15 is 0 Å². The van der Waals surface area contributed by atoms with Crippen LogP contribution in [0.2, 0.25) is 5.02 Å². The van der Waals surface area contributed by atoms with E-state index in [2.05, 4.69) is 0 Å². The third kappa shape index (κ3) is 2.36. The van der Waals surface area contributed by atoms with E-state index in [1.54, 1.807) is 0 Å². The minimum atomic E-state index is 0.274. The molecule has 18 heavy (non-hydrogen) atoms. The molecule has 1 aliphatic rings. The summed E-state index contributed by atoms with van der Waals surface area (Å²) < 4.78 is 16.2. The zero-order valence-corrected chi connectivity index (χ0v) is 10.3. The molecule has 0 bridgehead atoms. The first-order valence-corrected chi connectivity index (χ1v) is 5.96. The number of rotatable bonds is 3. The van der Waals surface area contributed by atoms with Gasteiger partial charge >= 0.3 is 0 Å². The molecule has 4 heteroatoms. The van der Waals surface area contributed by atoms with Crippen molar-refractivity contribution in [3.63, 3.8) is 0 Å². The highest BCUT2D eigenvalue weighted by Gasteiger charge is 2.13. The molecule has 0 spiro atoms. The molecule has 1 aliphatic heterocycles. The number of fused-ring (bicyclic) bond motifs is 1. The Labute approximate surface area is 110 Å². The van der Waals surface area contributed by atoms with Crippen LogP contribution in [0.5, 0.6) is 17.2 Å². The molecule has 0 saturated heterocycles. The van der Waals surface area contributed by atoms with Gasteiger partial charge in [0.15, 0.2) is 11.5 Å². The standard InChI is InChI=1S/C14H11ClO3/c15-11-3-1-10(2-4-11)8-16-12-5-6-13-14(7-12)18-9-17-13/h1-7H,8-9H2. The molecule has 2 aromatic rings. The highest BCUT2D eigenvalue weighted by molar-refractivity contribution is 6.30. The minimum absolute atomic E-state index is 0.274. The zero-order chi connectivity index (χ0) is 12.4. The maximum absolute atomic E-state index is 5.82. The molecule has 0 amide bonds. The Morgan fingerprint density at radius 2 is 1.78 bits per heavy atom. The Bertz CT molecular complexity index is 551. The van der Waals surface area contributed by atoms with Gasteiger partial charge in [0.1, 0.15) is 12.4 Å². The predicted molar refractivity (Wildman–Crippen MR) is 68.3 cm³/mol. The first kappa shape index (κ1) is 11.2. The molecular formula is C14H11ClO3. The highest BCUT2D eigenvalue weighted by Crippen LogP contribution is 2.35. The molecule has 3 nitrogen and oxygen atoms in total. The maximum Gasteiger partial charge on any atom is 0.231 e. The van der Waals surface area contributed by atoms with Crippen LogP contribution in [0.1, 0.15) is 5.56 Å². The lowest BCUT2D eigenvalue weighted by Crippen LogP contribution is -1.95. The van der Waals surface area contributed by atoms with E-state index in [-0.39, 0.29) is 6.79 Å². The van der Waals surface area contributed by atoms with Gasteiger partial charge in [0.2, 0.25) is 6.79 Å². The van der Waals surface area contributed by atoms with E-state index < -0.39 is 0 Å². The first-order valence-electron chi connectivity index (χ1n) is 5.58. The molecule has 1 heterocycles. The van der Waals surface area contributed by atoms with Crippen LogP contribution in [0.4, 0.5) is 0 Å². The second-order valence-corrected chi connectivity index (χ2v) is 4.37. The zero-order valence-electron chi connectivity index (χ0n) is 9.56. The maximum atomic E-state index is 5.82. The summed E-state index contributed by atoms with van der Waals surface area (Å²) in [5.41, 5.74) is 1.07. The van der Waals surface area contributed by atoms with E-state index in [0.29, 0.717) is 6.61 Å². The first-order chi connectivity index (χ1) is 8.81. The van der Waals surface area contributed by atoms with E-state index in [1.165, 1.54) is 0 Å². The summed E-state index contributed by atoms with van der Waals surface area (Å²) >= 11 is 5.82. The quantitative estimate of drug-likeness (QED) is 0.845. The van der Waals surface area contributed by atoms with Crippen molar-refractivity contribution >= 4 is 11.6 Å². The minimum Gasteiger partial charge on any atom is -0.489 e. The fourth-order valence-electron chi connectivity index (χ4n) is 1.71. The SMILES string of the molecule is Clc1ccc(COc2ccc3c(c2)OCO3)cc1. The van der Waals surface area contributed by atoms with Gasteiger partial charge in [0.25, 0.3) is 0 Å². The van der Waals surface area contributed by atoms with Gasteiger partial charge in [-0.3, -0.25) is 0 Å². The molecule has 0 aromatic heterocycles. The lowest BCUT2D eigenvalue weighted by atomic mass is 10.2. The van der Waals surface area contributed by atoms with Crippen LogP contribution in [0.15, 0.2) is 42.5 Å². The lowest BCUT2D eigenvalue weighted by molar-refractivity contribution is 0.173. The molecule has 0 N–H and O–H groups in total. The summed E-state index contributed by atoms with van der Waals surface area (Å²) in [5, 5.41) is 0.724. The summed E-state index contributed by atoms with van der Waals surface area (Å²) in [6.07, 6.45) is 0. The normalized spacial score (nSPS) is 12.5. The number of ether oxygens (including phenoxy) is 3. The number of halogens is 1. The van der Waals surface area contributed by atoms with Crippen LogP contribution >= 0.6 is 11.6 Å². The summed E-state index contributed by atoms with van der Waals surface area (Å²) in [6, 6.07) is 13.1. The second-order valence-electron chi connectivity index (χ2n) is 3.93. The largest absolute Gasteiger partial charge is 0.489 e. The third-order valence-electron chi connectivity index (χ3n) is 2.66. The number of hydrogen-bond donors (Lipinski definition) is 0. The Balaban J connectivity index is 1.68. The molecule has 0 saturated carbocycles. The molecule has 0 fully saturated rings. The van der Waals surface area contributed by atoms with Gasteiger partial charge in [-0.25, -0.2) is 0 Å². The molecule has 0 radical (unpaired) electrons. The van der Waals surface area contributed by atoms with Gasteiger partial charge < -0.3 is 14.2 Å². The van der Waals surface area contributed by atoms with Crippen molar-refractivity contribution in [1.82, 2.24) is 0 Å². The van der Waals surface area contributed by atoms with Gasteiger partial charge in [-0.15, -0.1) is 0 Å². The predicted octanol–water partition coefficient (Wildman–Crippen LogP) is 3.65. The Kier molecular flexibility index (Phi) is 2.99. The summed E-state index contributed by atoms with van der Waals surface area (Å²) in [7, 11) is 0. The lowest BCUT2D eigenvalue weighted by Gasteiger charge is -2.07. The number of benzene rings is 2. The Morgan fingerprint density at radius 3 is 2.61 bits per heavy atom. The Hall–Kier alpha value is -1.87. The van der Waals surface area contributed by atoms with Crippen molar-refractivity contribution in [3.8, 4) is 17.2 Å². The van der Waals surface area contributed by atoms with Crippen LogP contribution in [0.3, 0.4) is 0 Å². The smallest absolute Gasteiger partial charge is 0.231 e. The van der Waals surface area contributed by atoms with Gasteiger partial charge in [-0.05, 0) is 29.8 Å². The fraction of sp³-hybridized carbons (Fsp3) is 0.143. The topological polar surface area (TPSA) is 27.7 Å². The number of hydrogen-bond acceptors (Lipinski definition) is 3. The highest BCUT2D eigenvalue weighted by atomic mass is 35.5. The van der Waals surface area contributed by atoms with Crippen molar-refractivity contribution < 1.29 is 14.2 Å². The summed E-state index contributed by atoms with van der Waals surface area (Å²) in [6.45, 7) is 0.771. The fourth-order valence-corrected chi connectivity index (χ4v) is 1.84. The monoisotopic (exact) mass is 262 g/mol. The van der Waals surface area contributed by atoms with E-state index in [4.69, 9.17) is 25.8 Å². The van der Waals surface area contributed by atoms with E-state index in [9.17, 15) is 0 Å². The van der Waals surface area contributed by atoms with Crippen molar-refractivity contribution in [3.05, 3.63) is 53.1 Å². The average molecular weight is 263 g/mol. The van der Waals surface area contributed by atoms with Crippen LogP contribution in [0.25, 0.3) is 0 Å². The van der Waals surface area contributed by atoms with E-state index in [1.807, 2.05) is 42.5 Å². The average Bonchev–Trinajstić information content (AvgIpc) is 2.85. The van der Waals surface area contributed by atoms with E-state index in [0.717, 1.165) is 27.8 Å². The van der Waals surface area contributed by atoms with Crippen molar-refractivity contribution in [2.45, 2.75) is 6.61 Å². The van der Waals surface area contributed by atoms with Crippen molar-refractivity contribution in [2.75, 3.05) is 6.79 Å². The Morgan fingerprint density at radius 1 is 1.00 bits per heavy atom. The van der Waals surface area contributed by atoms with Crippen molar-refractivity contribution in [1.29, 1.82) is 0 Å². The van der Waals surface area contributed by atoms with Crippen molar-refractivity contribution in [2.24, 2.45) is 0 Å². The molecule has 0 unspecified atom stereocenters. The van der Waals surface area contributed by atoms with Crippen LogP contribution < -0.4 is 14.2 Å². The van der Waals surface area contributed by atoms with Crippen LogP contribution in [-0.4, -0.2) is 6.79 Å². The summed E-state index contributed by atoms with van der Waals surface area (Å²) in [5.74, 6) is 2.24. The molecule has 3 rings (SSSR count). The van der Waals surface area contributed by atoms with Crippen LogP contribution in [-0.2, 0) is 6.61 Å². The molecular weight excluding hydrogens is 252 g/mol. The van der Waals surface area contributed by atoms with Gasteiger partial charge in [-0.2, -0.15) is 0 Å². The molecule has 0 aliphatic carbocycles. The summed E-state index contributed by atoms with van der Waals surface area (Å²) in [4.78, 5) is 0. The second kappa shape index (κ2) is 4.78. The molecule has 0 atom stereocenters. The van der Waals surface area contributed by atoms with Crippen LogP contribution in [0, 0.1) is 0 Å². The van der Waals surface area contributed by atoms with Gasteiger partial charge in [-0.1, -0.05) is 23.7 Å².